The standard InChI is InChI=1S/C14H19N5OS2/c15-3-2-12-17-11(10-22-12)13(20)18-5-1-6-19(8-7-18)14-16-4-9-21-14/h4,9-10H,1-3,5-8,15H2. The molecule has 0 saturated carbocycles. The van der Waals surface area contributed by atoms with Crippen LogP contribution in [0, 0.1) is 0 Å². The summed E-state index contributed by atoms with van der Waals surface area (Å²) in [6, 6.07) is 0. The topological polar surface area (TPSA) is 75.3 Å². The Balaban J connectivity index is 1.63. The van der Waals surface area contributed by atoms with E-state index in [9.17, 15) is 4.79 Å². The van der Waals surface area contributed by atoms with E-state index >= 15 is 0 Å². The quantitative estimate of drug-likeness (QED) is 0.914. The maximum Gasteiger partial charge on any atom is 0.273 e. The maximum atomic E-state index is 12.6. The highest BCUT2D eigenvalue weighted by molar-refractivity contribution is 7.13. The number of nitrogens with zero attached hydrogens (tertiary/aromatic N) is 4. The predicted molar refractivity (Wildman–Crippen MR) is 89.7 cm³/mol. The van der Waals surface area contributed by atoms with Gasteiger partial charge >= 0.3 is 0 Å². The number of anilines is 1. The van der Waals surface area contributed by atoms with Gasteiger partial charge in [-0.05, 0) is 13.0 Å². The molecular formula is C14H19N5OS2. The molecule has 0 bridgehead atoms. The van der Waals surface area contributed by atoms with Crippen molar-refractivity contribution in [1.29, 1.82) is 0 Å². The first-order chi connectivity index (χ1) is 10.8. The van der Waals surface area contributed by atoms with Crippen molar-refractivity contribution in [2.45, 2.75) is 12.8 Å². The number of carbonyl (C=O) groups is 1. The Labute approximate surface area is 137 Å². The van der Waals surface area contributed by atoms with Crippen molar-refractivity contribution < 1.29 is 4.79 Å². The van der Waals surface area contributed by atoms with Gasteiger partial charge in [-0.1, -0.05) is 0 Å². The Kier molecular flexibility index (Phi) is 5.01. The second kappa shape index (κ2) is 7.17. The van der Waals surface area contributed by atoms with E-state index in [0.29, 0.717) is 18.8 Å². The second-order valence-corrected chi connectivity index (χ2v) is 6.93. The number of thiazole rings is 2. The molecule has 118 valence electrons. The molecule has 1 aliphatic heterocycles. The van der Waals surface area contributed by atoms with Gasteiger partial charge < -0.3 is 15.5 Å². The highest BCUT2D eigenvalue weighted by atomic mass is 32.1. The molecule has 2 aromatic rings. The van der Waals surface area contributed by atoms with Crippen LogP contribution in [0.15, 0.2) is 17.0 Å². The van der Waals surface area contributed by atoms with Gasteiger partial charge in [-0.25, -0.2) is 9.97 Å². The Bertz CT molecular complexity index is 613. The first-order valence-electron chi connectivity index (χ1n) is 7.36. The van der Waals surface area contributed by atoms with Crippen molar-refractivity contribution in [3.63, 3.8) is 0 Å². The molecule has 2 aromatic heterocycles. The van der Waals surface area contributed by atoms with E-state index in [0.717, 1.165) is 42.6 Å². The zero-order chi connectivity index (χ0) is 15.4. The third-order valence-electron chi connectivity index (χ3n) is 3.60. The van der Waals surface area contributed by atoms with Crippen molar-refractivity contribution in [3.8, 4) is 0 Å². The van der Waals surface area contributed by atoms with Gasteiger partial charge in [0.1, 0.15) is 5.69 Å². The normalized spacial score (nSPS) is 15.9. The van der Waals surface area contributed by atoms with E-state index in [-0.39, 0.29) is 5.91 Å². The van der Waals surface area contributed by atoms with E-state index in [1.807, 2.05) is 21.9 Å². The van der Waals surface area contributed by atoms with E-state index in [4.69, 9.17) is 5.73 Å². The lowest BCUT2D eigenvalue weighted by atomic mass is 10.3. The molecule has 22 heavy (non-hydrogen) atoms. The van der Waals surface area contributed by atoms with Crippen LogP contribution in [-0.2, 0) is 6.42 Å². The molecule has 8 heteroatoms. The fourth-order valence-corrected chi connectivity index (χ4v) is 3.98. The van der Waals surface area contributed by atoms with Gasteiger partial charge in [-0.15, -0.1) is 22.7 Å². The largest absolute Gasteiger partial charge is 0.346 e. The van der Waals surface area contributed by atoms with E-state index < -0.39 is 0 Å². The highest BCUT2D eigenvalue weighted by Gasteiger charge is 2.22. The minimum atomic E-state index is 0.0283. The predicted octanol–water partition coefficient (Wildman–Crippen LogP) is 1.45. The Morgan fingerprint density at radius 1 is 1.27 bits per heavy atom. The molecule has 1 saturated heterocycles. The van der Waals surface area contributed by atoms with Crippen LogP contribution in [0.2, 0.25) is 0 Å². The Morgan fingerprint density at radius 2 is 2.18 bits per heavy atom. The summed E-state index contributed by atoms with van der Waals surface area (Å²) in [6.07, 6.45) is 3.50. The molecule has 0 spiro atoms. The summed E-state index contributed by atoms with van der Waals surface area (Å²) < 4.78 is 0. The number of rotatable bonds is 4. The van der Waals surface area contributed by atoms with Crippen LogP contribution in [-0.4, -0.2) is 53.5 Å². The van der Waals surface area contributed by atoms with Crippen LogP contribution in [0.25, 0.3) is 0 Å². The van der Waals surface area contributed by atoms with Gasteiger partial charge in [0, 0.05) is 49.6 Å². The molecular weight excluding hydrogens is 318 g/mol. The summed E-state index contributed by atoms with van der Waals surface area (Å²) in [5.74, 6) is 0.0283. The molecule has 1 aliphatic rings. The first-order valence-corrected chi connectivity index (χ1v) is 9.12. The van der Waals surface area contributed by atoms with Crippen LogP contribution < -0.4 is 10.6 Å². The summed E-state index contributed by atoms with van der Waals surface area (Å²) in [5, 5.41) is 5.80. The molecule has 3 rings (SSSR count). The Morgan fingerprint density at radius 3 is 2.95 bits per heavy atom. The van der Waals surface area contributed by atoms with Crippen molar-refractivity contribution in [2.75, 3.05) is 37.6 Å². The minimum Gasteiger partial charge on any atom is -0.346 e. The van der Waals surface area contributed by atoms with Crippen molar-refractivity contribution >= 4 is 33.7 Å². The van der Waals surface area contributed by atoms with Gasteiger partial charge in [-0.2, -0.15) is 0 Å². The summed E-state index contributed by atoms with van der Waals surface area (Å²) in [5.41, 5.74) is 6.08. The lowest BCUT2D eigenvalue weighted by molar-refractivity contribution is 0.0762. The number of nitrogens with two attached hydrogens (primary N) is 1. The van der Waals surface area contributed by atoms with Crippen LogP contribution >= 0.6 is 22.7 Å². The van der Waals surface area contributed by atoms with Crippen molar-refractivity contribution in [1.82, 2.24) is 14.9 Å². The first kappa shape index (κ1) is 15.4. The van der Waals surface area contributed by atoms with Gasteiger partial charge in [-0.3, -0.25) is 4.79 Å². The van der Waals surface area contributed by atoms with Crippen molar-refractivity contribution in [2.24, 2.45) is 5.73 Å². The third-order valence-corrected chi connectivity index (χ3v) is 5.34. The number of aromatic nitrogens is 2. The Hall–Kier alpha value is -1.51. The molecule has 0 unspecified atom stereocenters. The van der Waals surface area contributed by atoms with Gasteiger partial charge in [0.05, 0.1) is 5.01 Å². The van der Waals surface area contributed by atoms with Gasteiger partial charge in [0.25, 0.3) is 5.91 Å². The van der Waals surface area contributed by atoms with E-state index in [1.165, 1.54) is 11.3 Å². The van der Waals surface area contributed by atoms with Crippen LogP contribution in [0.4, 0.5) is 5.13 Å². The summed E-state index contributed by atoms with van der Waals surface area (Å²) in [4.78, 5) is 25.5. The van der Waals surface area contributed by atoms with Gasteiger partial charge in [0.2, 0.25) is 0 Å². The SMILES string of the molecule is NCCc1nc(C(=O)N2CCCN(c3nccs3)CC2)cs1. The third kappa shape index (κ3) is 3.45. The maximum absolute atomic E-state index is 12.6. The smallest absolute Gasteiger partial charge is 0.273 e. The zero-order valence-electron chi connectivity index (χ0n) is 12.3. The molecule has 0 atom stereocenters. The highest BCUT2D eigenvalue weighted by Crippen LogP contribution is 2.20. The fourth-order valence-electron chi connectivity index (χ4n) is 2.49. The summed E-state index contributed by atoms with van der Waals surface area (Å²) in [7, 11) is 0. The molecule has 1 fully saturated rings. The molecule has 1 amide bonds. The molecule has 0 aliphatic carbocycles. The van der Waals surface area contributed by atoms with Crippen LogP contribution in [0.3, 0.4) is 0 Å². The fraction of sp³-hybridized carbons (Fsp3) is 0.500. The molecule has 0 aromatic carbocycles. The average Bonchev–Trinajstić information content (AvgIpc) is 3.15. The lowest BCUT2D eigenvalue weighted by Crippen LogP contribution is -2.35. The number of hydrogen-bond donors (Lipinski definition) is 1. The van der Waals surface area contributed by atoms with Crippen LogP contribution in [0.1, 0.15) is 21.9 Å². The van der Waals surface area contributed by atoms with E-state index in [2.05, 4.69) is 14.9 Å². The van der Waals surface area contributed by atoms with Gasteiger partial charge in [0.15, 0.2) is 5.13 Å². The molecule has 6 nitrogen and oxygen atoms in total. The average molecular weight is 337 g/mol. The van der Waals surface area contributed by atoms with Crippen LogP contribution in [0.5, 0.6) is 0 Å². The molecule has 0 radical (unpaired) electrons. The van der Waals surface area contributed by atoms with E-state index in [1.54, 1.807) is 11.3 Å². The minimum absolute atomic E-state index is 0.0283. The molecule has 2 N–H and O–H groups in total. The number of amides is 1. The lowest BCUT2D eigenvalue weighted by Gasteiger charge is -2.21. The summed E-state index contributed by atoms with van der Waals surface area (Å²) in [6.45, 7) is 3.80. The monoisotopic (exact) mass is 337 g/mol. The summed E-state index contributed by atoms with van der Waals surface area (Å²) >= 11 is 3.16. The molecule has 3 heterocycles. The van der Waals surface area contributed by atoms with Crippen molar-refractivity contribution in [3.05, 3.63) is 27.7 Å². The number of hydrogen-bond acceptors (Lipinski definition) is 7. The zero-order valence-corrected chi connectivity index (χ0v) is 13.9. The second-order valence-electron chi connectivity index (χ2n) is 5.11. The number of carbonyl (C=O) groups excluding carboxylic acids is 1.